The lowest BCUT2D eigenvalue weighted by atomic mass is 10.1. The Morgan fingerprint density at radius 3 is 1.05 bits per heavy atom. The Morgan fingerprint density at radius 1 is 0.475 bits per heavy atom. The van der Waals surface area contributed by atoms with E-state index in [4.69, 9.17) is 28.4 Å². The van der Waals surface area contributed by atoms with Gasteiger partial charge in [-0.1, -0.05) is 48.5 Å². The predicted octanol–water partition coefficient (Wildman–Crippen LogP) is 4.77. The maximum atomic E-state index is 12.0. The van der Waals surface area contributed by atoms with Gasteiger partial charge in [-0.2, -0.15) is 0 Å². The van der Waals surface area contributed by atoms with E-state index in [-0.39, 0.29) is 6.16 Å². The molecular formula is C32H36O7P+. The molecule has 1 unspecified atom stereocenters. The molecule has 0 fully saturated rings. The number of aliphatic hydroxyl groups excluding tert-OH is 1. The van der Waals surface area contributed by atoms with Crippen molar-refractivity contribution < 1.29 is 33.5 Å². The van der Waals surface area contributed by atoms with Gasteiger partial charge >= 0.3 is 0 Å². The van der Waals surface area contributed by atoms with E-state index in [1.54, 1.807) is 42.7 Å². The molecule has 0 spiro atoms. The highest BCUT2D eigenvalue weighted by Crippen LogP contribution is 2.66. The maximum Gasteiger partial charge on any atom is 0.188 e. The van der Waals surface area contributed by atoms with Crippen LogP contribution in [-0.4, -0.2) is 53.9 Å². The summed E-state index contributed by atoms with van der Waals surface area (Å²) in [6.07, 6.45) is -0.658. The second-order valence-corrected chi connectivity index (χ2v) is 12.3. The molecule has 1 atom stereocenters. The van der Waals surface area contributed by atoms with Gasteiger partial charge in [-0.25, -0.2) is 0 Å². The molecule has 7 nitrogen and oxygen atoms in total. The molecule has 0 aliphatic carbocycles. The molecule has 4 aromatic carbocycles. The first-order chi connectivity index (χ1) is 19.5. The summed E-state index contributed by atoms with van der Waals surface area (Å²) in [6, 6.07) is 26.6. The minimum absolute atomic E-state index is 0.237. The lowest BCUT2D eigenvalue weighted by Crippen LogP contribution is -2.39. The number of rotatable bonds is 12. The number of benzene rings is 4. The van der Waals surface area contributed by atoms with E-state index in [2.05, 4.69) is 0 Å². The molecule has 4 rings (SSSR count). The molecule has 40 heavy (non-hydrogen) atoms. The van der Waals surface area contributed by atoms with Crippen LogP contribution in [0, 0.1) is 0 Å². The van der Waals surface area contributed by atoms with Gasteiger partial charge in [-0.05, 0) is 42.0 Å². The van der Waals surface area contributed by atoms with Gasteiger partial charge in [0.25, 0.3) is 0 Å². The first-order valence-corrected chi connectivity index (χ1v) is 14.7. The van der Waals surface area contributed by atoms with Gasteiger partial charge < -0.3 is 33.5 Å². The minimum atomic E-state index is -3.10. The van der Waals surface area contributed by atoms with Crippen LogP contribution in [0.4, 0.5) is 0 Å². The van der Waals surface area contributed by atoms with Crippen molar-refractivity contribution in [1.82, 2.24) is 0 Å². The van der Waals surface area contributed by atoms with Crippen LogP contribution in [0.25, 0.3) is 0 Å². The van der Waals surface area contributed by atoms with Crippen LogP contribution in [0.1, 0.15) is 11.7 Å². The van der Waals surface area contributed by atoms with Gasteiger partial charge in [-0.3, -0.25) is 0 Å². The van der Waals surface area contributed by atoms with E-state index in [9.17, 15) is 5.11 Å². The molecule has 0 bridgehead atoms. The average Bonchev–Trinajstić information content (AvgIpc) is 3.02. The lowest BCUT2D eigenvalue weighted by Gasteiger charge is -2.34. The topological polar surface area (TPSA) is 75.6 Å². The van der Waals surface area contributed by atoms with Crippen LogP contribution >= 0.6 is 7.26 Å². The zero-order valence-corrected chi connectivity index (χ0v) is 24.6. The summed E-state index contributed by atoms with van der Waals surface area (Å²) in [4.78, 5) is 0. The highest BCUT2D eigenvalue weighted by molar-refractivity contribution is 7.96. The van der Waals surface area contributed by atoms with Crippen molar-refractivity contribution in [2.75, 3.05) is 48.8 Å². The number of aliphatic hydroxyl groups is 1. The van der Waals surface area contributed by atoms with Gasteiger partial charge in [0.1, 0.15) is 19.5 Å². The Kier molecular flexibility index (Phi) is 9.41. The van der Waals surface area contributed by atoms with Crippen molar-refractivity contribution in [2.45, 2.75) is 6.10 Å². The van der Waals surface area contributed by atoms with Crippen LogP contribution in [0.3, 0.4) is 0 Å². The van der Waals surface area contributed by atoms with Crippen LogP contribution < -0.4 is 44.3 Å². The molecule has 8 heteroatoms. The average molecular weight is 564 g/mol. The van der Waals surface area contributed by atoms with Crippen LogP contribution in [-0.2, 0) is 0 Å². The number of methoxy groups -OCH3 is 6. The first kappa shape index (κ1) is 29.1. The molecule has 4 aromatic rings. The van der Waals surface area contributed by atoms with Crippen molar-refractivity contribution in [2.24, 2.45) is 0 Å². The third kappa shape index (κ3) is 5.15. The monoisotopic (exact) mass is 563 g/mol. The Balaban J connectivity index is 2.31. The molecule has 0 aromatic heterocycles. The largest absolute Gasteiger partial charge is 0.492 e. The van der Waals surface area contributed by atoms with Crippen molar-refractivity contribution >= 4 is 23.2 Å². The number of hydrogen-bond donors (Lipinski definition) is 1. The van der Waals surface area contributed by atoms with E-state index >= 15 is 0 Å². The second kappa shape index (κ2) is 12.9. The molecule has 0 saturated heterocycles. The Morgan fingerprint density at radius 2 is 0.775 bits per heavy atom. The van der Waals surface area contributed by atoms with Crippen molar-refractivity contribution in [1.29, 1.82) is 0 Å². The molecular weight excluding hydrogens is 527 g/mol. The van der Waals surface area contributed by atoms with E-state index < -0.39 is 13.4 Å². The molecule has 0 aliphatic rings. The smallest absolute Gasteiger partial charge is 0.188 e. The first-order valence-electron chi connectivity index (χ1n) is 12.8. The quantitative estimate of drug-likeness (QED) is 0.249. The van der Waals surface area contributed by atoms with Gasteiger partial charge in [0.05, 0.1) is 42.7 Å². The summed E-state index contributed by atoms with van der Waals surface area (Å²) in [5.41, 5.74) is 0.767. The second-order valence-electron chi connectivity index (χ2n) is 8.95. The summed E-state index contributed by atoms with van der Waals surface area (Å²) in [5, 5.41) is 14.3. The number of hydrogen-bond acceptors (Lipinski definition) is 7. The van der Waals surface area contributed by atoms with Crippen LogP contribution in [0.2, 0.25) is 0 Å². The summed E-state index contributed by atoms with van der Waals surface area (Å²) in [7, 11) is 6.65. The molecule has 0 heterocycles. The Labute approximate surface area is 236 Å². The van der Waals surface area contributed by atoms with Crippen molar-refractivity contribution in [3.63, 3.8) is 0 Å². The SMILES string of the molecule is COc1cccc(OC)c1[P+](CC(O)c1ccccc1)(c1c(OC)cccc1OC)c1c(OC)cccc1OC. The van der Waals surface area contributed by atoms with Gasteiger partial charge in [-0.15, -0.1) is 0 Å². The van der Waals surface area contributed by atoms with Gasteiger partial charge in [0, 0.05) is 0 Å². The third-order valence-corrected chi connectivity index (χ3v) is 11.5. The summed E-state index contributed by atoms with van der Waals surface area (Å²) < 4.78 is 36.1. The lowest BCUT2D eigenvalue weighted by molar-refractivity contribution is 0.203. The van der Waals surface area contributed by atoms with Gasteiger partial charge in [0.15, 0.2) is 50.4 Å². The zero-order chi connectivity index (χ0) is 28.7. The van der Waals surface area contributed by atoms with Gasteiger partial charge in [0.2, 0.25) is 0 Å². The predicted molar refractivity (Wildman–Crippen MR) is 161 cm³/mol. The Bertz CT molecular complexity index is 1220. The fourth-order valence-electron chi connectivity index (χ4n) is 5.27. The van der Waals surface area contributed by atoms with Crippen LogP contribution in [0.15, 0.2) is 84.9 Å². The highest BCUT2D eigenvalue weighted by atomic mass is 31.2. The Hall–Kier alpha value is -3.93. The molecule has 0 radical (unpaired) electrons. The van der Waals surface area contributed by atoms with E-state index in [0.29, 0.717) is 34.5 Å². The summed E-state index contributed by atoms with van der Waals surface area (Å²) in [5.74, 6) is 3.55. The number of ether oxygens (including phenoxy) is 6. The van der Waals surface area contributed by atoms with E-state index in [0.717, 1.165) is 21.5 Å². The van der Waals surface area contributed by atoms with E-state index in [1.165, 1.54) is 0 Å². The molecule has 210 valence electrons. The zero-order valence-electron chi connectivity index (χ0n) is 23.7. The normalized spacial score (nSPS) is 11.9. The standard InChI is InChI=1S/C32H36O7P/c1-34-24-15-10-16-25(35-2)30(24)40(21-23(33)22-13-8-7-9-14-22,31-26(36-3)17-11-18-27(31)37-4)32-28(38-5)19-12-20-29(32)39-6/h7-20,23,33H,21H2,1-6H3/q+1. The van der Waals surface area contributed by atoms with E-state index in [1.807, 2.05) is 84.9 Å². The van der Waals surface area contributed by atoms with Crippen LogP contribution in [0.5, 0.6) is 34.5 Å². The maximum absolute atomic E-state index is 12.0. The van der Waals surface area contributed by atoms with Crippen molar-refractivity contribution in [3.8, 4) is 34.5 Å². The fourth-order valence-corrected chi connectivity index (χ4v) is 10.5. The third-order valence-electron chi connectivity index (χ3n) is 6.98. The molecule has 1 N–H and O–H groups in total. The summed E-state index contributed by atoms with van der Waals surface area (Å²) in [6.45, 7) is 0. The molecule has 0 aliphatic heterocycles. The minimum Gasteiger partial charge on any atom is -0.492 e. The fraction of sp³-hybridized carbons (Fsp3) is 0.250. The summed E-state index contributed by atoms with van der Waals surface area (Å²) >= 11 is 0. The molecule has 0 saturated carbocycles. The van der Waals surface area contributed by atoms with Crippen molar-refractivity contribution in [3.05, 3.63) is 90.5 Å². The molecule has 0 amide bonds. The highest BCUT2D eigenvalue weighted by Gasteiger charge is 2.58.